The average molecular weight is 345 g/mol. The third kappa shape index (κ3) is 3.32. The SMILES string of the molecule is C[C@H](NC(=O)[C@@H]1C[C@@H]1c1cccc(Br)c1)c1ccncc1. The minimum atomic E-state index is 0.0178. The van der Waals surface area contributed by atoms with E-state index in [1.165, 1.54) is 5.56 Å². The number of amides is 1. The van der Waals surface area contributed by atoms with Crippen molar-refractivity contribution in [1.82, 2.24) is 10.3 Å². The van der Waals surface area contributed by atoms with E-state index < -0.39 is 0 Å². The lowest BCUT2D eigenvalue weighted by atomic mass is 10.1. The van der Waals surface area contributed by atoms with Gasteiger partial charge in [0.2, 0.25) is 5.91 Å². The number of nitrogens with one attached hydrogen (secondary N) is 1. The molecule has 1 aliphatic rings. The molecule has 21 heavy (non-hydrogen) atoms. The molecule has 1 saturated carbocycles. The zero-order chi connectivity index (χ0) is 14.8. The molecule has 1 heterocycles. The first-order chi connectivity index (χ1) is 10.1. The largest absolute Gasteiger partial charge is 0.349 e. The summed E-state index contributed by atoms with van der Waals surface area (Å²) >= 11 is 3.48. The van der Waals surface area contributed by atoms with Gasteiger partial charge >= 0.3 is 0 Å². The fourth-order valence-electron chi connectivity index (χ4n) is 2.65. The molecule has 0 spiro atoms. The highest BCUT2D eigenvalue weighted by atomic mass is 79.9. The number of carbonyl (C=O) groups is 1. The summed E-state index contributed by atoms with van der Waals surface area (Å²) in [5, 5.41) is 3.09. The first kappa shape index (κ1) is 14.3. The molecular formula is C17H17BrN2O. The molecule has 3 rings (SSSR count). The minimum Gasteiger partial charge on any atom is -0.349 e. The second-order valence-corrected chi connectivity index (χ2v) is 6.43. The Morgan fingerprint density at radius 3 is 2.81 bits per heavy atom. The number of nitrogens with zero attached hydrogens (tertiary/aromatic N) is 1. The average Bonchev–Trinajstić information content (AvgIpc) is 3.29. The molecule has 1 aromatic heterocycles. The fraction of sp³-hybridized carbons (Fsp3) is 0.294. The van der Waals surface area contributed by atoms with E-state index in [0.29, 0.717) is 5.92 Å². The van der Waals surface area contributed by atoms with Crippen LogP contribution in [0.4, 0.5) is 0 Å². The third-order valence-electron chi connectivity index (χ3n) is 3.97. The number of hydrogen-bond donors (Lipinski definition) is 1. The van der Waals surface area contributed by atoms with Gasteiger partial charge in [0.15, 0.2) is 0 Å². The maximum atomic E-state index is 12.3. The topological polar surface area (TPSA) is 42.0 Å². The van der Waals surface area contributed by atoms with E-state index in [1.54, 1.807) is 12.4 Å². The van der Waals surface area contributed by atoms with Crippen LogP contribution in [0.2, 0.25) is 0 Å². The summed E-state index contributed by atoms with van der Waals surface area (Å²) in [5.74, 6) is 0.597. The van der Waals surface area contributed by atoms with Crippen LogP contribution in [-0.2, 0) is 4.79 Å². The highest BCUT2D eigenvalue weighted by molar-refractivity contribution is 9.10. The van der Waals surface area contributed by atoms with Gasteiger partial charge in [-0.05, 0) is 54.7 Å². The van der Waals surface area contributed by atoms with Gasteiger partial charge in [-0.15, -0.1) is 0 Å². The lowest BCUT2D eigenvalue weighted by Crippen LogP contribution is -2.28. The summed E-state index contributed by atoms with van der Waals surface area (Å²) in [4.78, 5) is 16.3. The van der Waals surface area contributed by atoms with Crippen molar-refractivity contribution in [1.29, 1.82) is 0 Å². The van der Waals surface area contributed by atoms with Crippen LogP contribution in [0.15, 0.2) is 53.3 Å². The Kier molecular flexibility index (Phi) is 4.06. The van der Waals surface area contributed by atoms with Crippen molar-refractivity contribution in [2.75, 3.05) is 0 Å². The number of aromatic nitrogens is 1. The van der Waals surface area contributed by atoms with Gasteiger partial charge in [0.25, 0.3) is 0 Å². The van der Waals surface area contributed by atoms with Crippen molar-refractivity contribution in [2.45, 2.75) is 25.3 Å². The number of hydrogen-bond acceptors (Lipinski definition) is 2. The van der Waals surface area contributed by atoms with Crippen LogP contribution in [0.25, 0.3) is 0 Å². The summed E-state index contributed by atoms with van der Waals surface area (Å²) in [6, 6.07) is 12.1. The van der Waals surface area contributed by atoms with Crippen LogP contribution in [0.5, 0.6) is 0 Å². The zero-order valence-corrected chi connectivity index (χ0v) is 13.4. The first-order valence-corrected chi connectivity index (χ1v) is 7.90. The molecule has 2 aromatic rings. The molecule has 3 atom stereocenters. The summed E-state index contributed by atoms with van der Waals surface area (Å²) in [6.45, 7) is 2.00. The van der Waals surface area contributed by atoms with E-state index in [-0.39, 0.29) is 17.9 Å². The van der Waals surface area contributed by atoms with Crippen molar-refractivity contribution < 1.29 is 4.79 Å². The van der Waals surface area contributed by atoms with Gasteiger partial charge in [-0.25, -0.2) is 0 Å². The van der Waals surface area contributed by atoms with Gasteiger partial charge in [0.1, 0.15) is 0 Å². The molecule has 0 saturated heterocycles. The van der Waals surface area contributed by atoms with Crippen LogP contribution in [0, 0.1) is 5.92 Å². The lowest BCUT2D eigenvalue weighted by molar-refractivity contribution is -0.123. The maximum Gasteiger partial charge on any atom is 0.224 e. The van der Waals surface area contributed by atoms with Gasteiger partial charge in [-0.1, -0.05) is 28.1 Å². The normalized spacial score (nSPS) is 21.6. The molecule has 3 nitrogen and oxygen atoms in total. The standard InChI is InChI=1S/C17H17BrN2O/c1-11(12-5-7-19-8-6-12)20-17(21)16-10-15(16)13-3-2-4-14(18)9-13/h2-9,11,15-16H,10H2,1H3,(H,20,21)/t11-,15+,16+/m0/s1. The van der Waals surface area contributed by atoms with E-state index in [0.717, 1.165) is 16.5 Å². The van der Waals surface area contributed by atoms with E-state index in [1.807, 2.05) is 31.2 Å². The number of rotatable bonds is 4. The Bertz CT molecular complexity index is 644. The summed E-state index contributed by atoms with van der Waals surface area (Å²) in [6.07, 6.45) is 4.43. The summed E-state index contributed by atoms with van der Waals surface area (Å²) in [7, 11) is 0. The highest BCUT2D eigenvalue weighted by Gasteiger charge is 2.44. The number of benzene rings is 1. The molecule has 4 heteroatoms. The Hall–Kier alpha value is -1.68. The van der Waals surface area contributed by atoms with Gasteiger partial charge in [0, 0.05) is 22.8 Å². The molecule has 0 radical (unpaired) electrons. The number of halogens is 1. The molecule has 1 aliphatic carbocycles. The second-order valence-electron chi connectivity index (χ2n) is 5.51. The van der Waals surface area contributed by atoms with Crippen LogP contribution in [0.3, 0.4) is 0 Å². The number of pyridine rings is 1. The van der Waals surface area contributed by atoms with Crippen LogP contribution in [-0.4, -0.2) is 10.9 Å². The molecule has 0 bridgehead atoms. The van der Waals surface area contributed by atoms with Gasteiger partial charge < -0.3 is 5.32 Å². The zero-order valence-electron chi connectivity index (χ0n) is 11.8. The van der Waals surface area contributed by atoms with Crippen molar-refractivity contribution in [3.8, 4) is 0 Å². The molecule has 1 fully saturated rings. The molecule has 108 valence electrons. The predicted octanol–water partition coefficient (Wildman–Crippen LogP) is 3.83. The minimum absolute atomic E-state index is 0.0178. The molecule has 0 unspecified atom stereocenters. The number of carbonyl (C=O) groups excluding carboxylic acids is 1. The van der Waals surface area contributed by atoms with E-state index in [2.05, 4.69) is 38.4 Å². The van der Waals surface area contributed by atoms with Crippen molar-refractivity contribution >= 4 is 21.8 Å². The fourth-order valence-corrected chi connectivity index (χ4v) is 3.06. The third-order valence-corrected chi connectivity index (χ3v) is 4.46. The molecular weight excluding hydrogens is 328 g/mol. The van der Waals surface area contributed by atoms with Crippen LogP contribution >= 0.6 is 15.9 Å². The van der Waals surface area contributed by atoms with E-state index >= 15 is 0 Å². The Labute approximate surface area is 132 Å². The van der Waals surface area contributed by atoms with E-state index in [4.69, 9.17) is 0 Å². The van der Waals surface area contributed by atoms with Gasteiger partial charge in [-0.3, -0.25) is 9.78 Å². The Morgan fingerprint density at radius 2 is 2.10 bits per heavy atom. The molecule has 1 aromatic carbocycles. The monoisotopic (exact) mass is 344 g/mol. The van der Waals surface area contributed by atoms with Crippen molar-refractivity contribution in [3.05, 3.63) is 64.4 Å². The van der Waals surface area contributed by atoms with Gasteiger partial charge in [-0.2, -0.15) is 0 Å². The molecule has 0 aliphatic heterocycles. The maximum absolute atomic E-state index is 12.3. The van der Waals surface area contributed by atoms with Gasteiger partial charge in [0.05, 0.1) is 6.04 Å². The lowest BCUT2D eigenvalue weighted by Gasteiger charge is -2.14. The van der Waals surface area contributed by atoms with E-state index in [9.17, 15) is 4.79 Å². The summed E-state index contributed by atoms with van der Waals surface area (Å²) in [5.41, 5.74) is 2.32. The van der Waals surface area contributed by atoms with Crippen molar-refractivity contribution in [3.63, 3.8) is 0 Å². The first-order valence-electron chi connectivity index (χ1n) is 7.11. The Morgan fingerprint density at radius 1 is 1.33 bits per heavy atom. The van der Waals surface area contributed by atoms with Crippen molar-refractivity contribution in [2.24, 2.45) is 5.92 Å². The quantitative estimate of drug-likeness (QED) is 0.915. The summed E-state index contributed by atoms with van der Waals surface area (Å²) < 4.78 is 1.07. The van der Waals surface area contributed by atoms with Crippen LogP contribution in [0.1, 0.15) is 36.4 Å². The smallest absolute Gasteiger partial charge is 0.224 e. The highest BCUT2D eigenvalue weighted by Crippen LogP contribution is 2.48. The second kappa shape index (κ2) is 5.98. The Balaban J connectivity index is 1.61. The van der Waals surface area contributed by atoms with Crippen LogP contribution < -0.4 is 5.32 Å². The molecule has 1 amide bonds. The predicted molar refractivity (Wildman–Crippen MR) is 85.8 cm³/mol. The molecule has 1 N–H and O–H groups in total.